The molecule has 0 fully saturated rings. The molecule has 0 N–H and O–H groups in total. The van der Waals surface area contributed by atoms with E-state index < -0.39 is 10.1 Å². The Labute approximate surface area is 135 Å². The molecule has 0 aliphatic rings. The fourth-order valence-corrected chi connectivity index (χ4v) is 3.41. The Balaban J connectivity index is 2.50. The molecule has 1 aromatic carbocycles. The molecule has 0 saturated heterocycles. The molecular formula is C17H28O4S. The third-order valence-corrected chi connectivity index (χ3v) is 4.96. The number of aryl methyl sites for hydroxylation is 1. The first kappa shape index (κ1) is 19.1. The van der Waals surface area contributed by atoms with Crippen LogP contribution in [0.25, 0.3) is 0 Å². The number of hydrogen-bond acceptors (Lipinski definition) is 4. The van der Waals surface area contributed by atoms with Crippen molar-refractivity contribution in [1.29, 1.82) is 0 Å². The van der Waals surface area contributed by atoms with Crippen LogP contribution in [0.4, 0.5) is 0 Å². The fraction of sp³-hybridized carbons (Fsp3) is 0.647. The monoisotopic (exact) mass is 328 g/mol. The van der Waals surface area contributed by atoms with Crippen molar-refractivity contribution in [2.75, 3.05) is 6.61 Å². The zero-order chi connectivity index (χ0) is 16.8. The van der Waals surface area contributed by atoms with E-state index in [-0.39, 0.29) is 16.6 Å². The average molecular weight is 328 g/mol. The lowest BCUT2D eigenvalue weighted by Gasteiger charge is -2.25. The average Bonchev–Trinajstić information content (AvgIpc) is 2.38. The quantitative estimate of drug-likeness (QED) is 0.641. The van der Waals surface area contributed by atoms with Gasteiger partial charge in [-0.15, -0.1) is 0 Å². The highest BCUT2D eigenvalue weighted by Gasteiger charge is 2.21. The maximum atomic E-state index is 12.2. The topological polar surface area (TPSA) is 52.6 Å². The summed E-state index contributed by atoms with van der Waals surface area (Å²) in [5.41, 5.74) is 0.842. The van der Waals surface area contributed by atoms with E-state index in [1.807, 2.05) is 27.7 Å². The van der Waals surface area contributed by atoms with Gasteiger partial charge >= 0.3 is 0 Å². The van der Waals surface area contributed by atoms with E-state index in [1.165, 1.54) is 0 Å². The van der Waals surface area contributed by atoms with Gasteiger partial charge in [0.05, 0.1) is 16.6 Å². The Bertz CT molecular complexity index is 547. The fourth-order valence-electron chi connectivity index (χ4n) is 2.30. The molecule has 5 heteroatoms. The van der Waals surface area contributed by atoms with Crippen molar-refractivity contribution in [1.82, 2.24) is 0 Å². The van der Waals surface area contributed by atoms with Crippen LogP contribution in [0.15, 0.2) is 29.2 Å². The summed E-state index contributed by atoms with van der Waals surface area (Å²) in [6.45, 7) is 10.5. The van der Waals surface area contributed by atoms with Crippen LogP contribution >= 0.6 is 0 Å². The van der Waals surface area contributed by atoms with E-state index in [0.717, 1.165) is 18.4 Å². The van der Waals surface area contributed by atoms with E-state index in [9.17, 15) is 8.42 Å². The van der Waals surface area contributed by atoms with Gasteiger partial charge in [0.15, 0.2) is 0 Å². The highest BCUT2D eigenvalue weighted by Crippen LogP contribution is 2.21. The predicted octanol–water partition coefficient (Wildman–Crippen LogP) is 4.07. The lowest BCUT2D eigenvalue weighted by Crippen LogP contribution is -2.25. The zero-order valence-corrected chi connectivity index (χ0v) is 15.1. The molecule has 1 aromatic rings. The molecule has 1 rings (SSSR count). The minimum absolute atomic E-state index is 0.176. The second kappa shape index (κ2) is 8.09. The van der Waals surface area contributed by atoms with E-state index in [1.54, 1.807) is 31.2 Å². The molecular weight excluding hydrogens is 300 g/mol. The molecule has 1 unspecified atom stereocenters. The summed E-state index contributed by atoms with van der Waals surface area (Å²) in [6.07, 6.45) is 2.07. The number of rotatable bonds is 9. The molecule has 1 atom stereocenters. The van der Waals surface area contributed by atoms with Gasteiger partial charge in [0, 0.05) is 6.61 Å². The maximum Gasteiger partial charge on any atom is 0.297 e. The van der Waals surface area contributed by atoms with Crippen LogP contribution in [0.1, 0.15) is 52.5 Å². The van der Waals surface area contributed by atoms with Crippen molar-refractivity contribution in [2.24, 2.45) is 0 Å². The minimum Gasteiger partial charge on any atom is -0.376 e. The molecule has 0 aromatic heterocycles. The maximum absolute atomic E-state index is 12.2. The first-order valence-corrected chi connectivity index (χ1v) is 9.21. The van der Waals surface area contributed by atoms with Crippen molar-refractivity contribution in [3.05, 3.63) is 29.8 Å². The molecule has 0 bridgehead atoms. The van der Waals surface area contributed by atoms with Gasteiger partial charge in [0.1, 0.15) is 0 Å². The Morgan fingerprint density at radius 3 is 2.32 bits per heavy atom. The SMILES string of the molecule is CCOC(C)(C)CCCC(C)OS(=O)(=O)c1ccc(C)cc1. The number of ether oxygens (including phenoxy) is 1. The summed E-state index contributed by atoms with van der Waals surface area (Å²) < 4.78 is 35.2. The van der Waals surface area contributed by atoms with Crippen LogP contribution in [-0.4, -0.2) is 26.7 Å². The molecule has 0 spiro atoms. The van der Waals surface area contributed by atoms with Crippen LogP contribution in [0, 0.1) is 6.92 Å². The van der Waals surface area contributed by atoms with Gasteiger partial charge in [0.25, 0.3) is 10.1 Å². The second-order valence-corrected chi connectivity index (χ2v) is 7.83. The molecule has 0 radical (unpaired) electrons. The molecule has 0 saturated carbocycles. The van der Waals surface area contributed by atoms with Crippen LogP contribution in [0.5, 0.6) is 0 Å². The lowest BCUT2D eigenvalue weighted by molar-refractivity contribution is -0.0189. The number of hydrogen-bond donors (Lipinski definition) is 0. The third-order valence-electron chi connectivity index (χ3n) is 3.53. The van der Waals surface area contributed by atoms with Crippen LogP contribution in [0.3, 0.4) is 0 Å². The van der Waals surface area contributed by atoms with Gasteiger partial charge < -0.3 is 4.74 Å². The number of benzene rings is 1. The van der Waals surface area contributed by atoms with Gasteiger partial charge in [-0.2, -0.15) is 8.42 Å². The van der Waals surface area contributed by atoms with Crippen molar-refractivity contribution < 1.29 is 17.3 Å². The summed E-state index contributed by atoms with van der Waals surface area (Å²) >= 11 is 0. The summed E-state index contributed by atoms with van der Waals surface area (Å²) in [5.74, 6) is 0. The first-order chi connectivity index (χ1) is 10.2. The molecule has 0 amide bonds. The Morgan fingerprint density at radius 1 is 1.18 bits per heavy atom. The highest BCUT2D eigenvalue weighted by atomic mass is 32.2. The van der Waals surface area contributed by atoms with E-state index in [2.05, 4.69) is 0 Å². The molecule has 4 nitrogen and oxygen atoms in total. The second-order valence-electron chi connectivity index (χ2n) is 6.26. The van der Waals surface area contributed by atoms with E-state index in [0.29, 0.717) is 13.0 Å². The van der Waals surface area contributed by atoms with Crippen molar-refractivity contribution >= 4 is 10.1 Å². The smallest absolute Gasteiger partial charge is 0.297 e. The standard InChI is InChI=1S/C17H28O4S/c1-6-20-17(4,5)13-7-8-15(3)21-22(18,19)16-11-9-14(2)10-12-16/h9-12,15H,6-8,13H2,1-5H3. The van der Waals surface area contributed by atoms with Crippen LogP contribution in [0.2, 0.25) is 0 Å². The van der Waals surface area contributed by atoms with Crippen LogP contribution < -0.4 is 0 Å². The molecule has 0 aliphatic heterocycles. The van der Waals surface area contributed by atoms with Gasteiger partial charge in [-0.3, -0.25) is 4.18 Å². The molecule has 0 aliphatic carbocycles. The summed E-state index contributed by atoms with van der Waals surface area (Å²) in [6, 6.07) is 6.70. The van der Waals surface area contributed by atoms with Gasteiger partial charge in [-0.1, -0.05) is 17.7 Å². The van der Waals surface area contributed by atoms with Crippen LogP contribution in [-0.2, 0) is 19.0 Å². The van der Waals surface area contributed by atoms with E-state index in [4.69, 9.17) is 8.92 Å². The Kier molecular flexibility index (Phi) is 7.03. The molecule has 22 heavy (non-hydrogen) atoms. The van der Waals surface area contributed by atoms with Gasteiger partial charge in [-0.05, 0) is 66.0 Å². The van der Waals surface area contributed by atoms with Crippen molar-refractivity contribution in [3.63, 3.8) is 0 Å². The van der Waals surface area contributed by atoms with Gasteiger partial charge in [-0.25, -0.2) is 0 Å². The van der Waals surface area contributed by atoms with Crippen molar-refractivity contribution in [2.45, 2.75) is 70.5 Å². The molecule has 126 valence electrons. The minimum atomic E-state index is -3.68. The summed E-state index contributed by atoms with van der Waals surface area (Å²) in [5, 5.41) is 0. The van der Waals surface area contributed by atoms with Gasteiger partial charge in [0.2, 0.25) is 0 Å². The largest absolute Gasteiger partial charge is 0.376 e. The zero-order valence-electron chi connectivity index (χ0n) is 14.3. The first-order valence-electron chi connectivity index (χ1n) is 7.80. The highest BCUT2D eigenvalue weighted by molar-refractivity contribution is 7.86. The normalized spacial score (nSPS) is 14.0. The Morgan fingerprint density at radius 2 is 1.77 bits per heavy atom. The lowest BCUT2D eigenvalue weighted by atomic mass is 10.00. The Hall–Kier alpha value is -0.910. The van der Waals surface area contributed by atoms with E-state index >= 15 is 0 Å². The summed E-state index contributed by atoms with van der Waals surface area (Å²) in [7, 11) is -3.68. The summed E-state index contributed by atoms with van der Waals surface area (Å²) in [4.78, 5) is 0.208. The third kappa shape index (κ3) is 6.46. The predicted molar refractivity (Wildman–Crippen MR) is 88.5 cm³/mol. The molecule has 0 heterocycles. The van der Waals surface area contributed by atoms with Crippen molar-refractivity contribution in [3.8, 4) is 0 Å².